The van der Waals surface area contributed by atoms with Gasteiger partial charge in [0.15, 0.2) is 0 Å². The lowest BCUT2D eigenvalue weighted by atomic mass is 9.76. The summed E-state index contributed by atoms with van der Waals surface area (Å²) < 4.78 is 0. The predicted octanol–water partition coefficient (Wildman–Crippen LogP) is 6.35. The monoisotopic (exact) mass is 458 g/mol. The van der Waals surface area contributed by atoms with E-state index in [1.165, 1.54) is 36.8 Å². The zero-order valence-corrected chi connectivity index (χ0v) is 21.0. The van der Waals surface area contributed by atoms with Crippen LogP contribution in [0.1, 0.15) is 75.3 Å². The Hall–Kier alpha value is -2.13. The summed E-state index contributed by atoms with van der Waals surface area (Å²) in [5.41, 5.74) is 2.75. The van der Waals surface area contributed by atoms with Gasteiger partial charge in [0.1, 0.15) is 0 Å². The number of carbonyl (C=O) groups excluding carboxylic acids is 1. The second kappa shape index (κ2) is 10.6. The van der Waals surface area contributed by atoms with Crippen molar-refractivity contribution in [3.05, 3.63) is 71.8 Å². The largest absolute Gasteiger partial charge is 0.342 e. The molecule has 0 bridgehead atoms. The summed E-state index contributed by atoms with van der Waals surface area (Å²) in [6.45, 7) is 7.63. The second-order valence-corrected chi connectivity index (χ2v) is 11.4. The van der Waals surface area contributed by atoms with E-state index in [9.17, 15) is 4.79 Å². The number of hydrogen-bond acceptors (Lipinski definition) is 2. The lowest BCUT2D eigenvalue weighted by Gasteiger charge is -2.39. The van der Waals surface area contributed by atoms with Gasteiger partial charge >= 0.3 is 0 Å². The minimum absolute atomic E-state index is 0.0588. The van der Waals surface area contributed by atoms with Gasteiger partial charge < -0.3 is 9.80 Å². The molecule has 0 radical (unpaired) electrons. The number of benzene rings is 2. The van der Waals surface area contributed by atoms with Gasteiger partial charge in [0.05, 0.1) is 5.41 Å². The van der Waals surface area contributed by atoms with Gasteiger partial charge in [-0.05, 0) is 81.1 Å². The van der Waals surface area contributed by atoms with Crippen LogP contribution < -0.4 is 0 Å². The maximum absolute atomic E-state index is 13.5. The minimum Gasteiger partial charge on any atom is -0.342 e. The Morgan fingerprint density at radius 2 is 1.38 bits per heavy atom. The molecule has 0 unspecified atom stereocenters. The van der Waals surface area contributed by atoms with Gasteiger partial charge in [0.25, 0.3) is 0 Å². The quantitative estimate of drug-likeness (QED) is 0.483. The Labute approximate surface area is 206 Å². The molecule has 0 atom stereocenters. The molecule has 2 heterocycles. The highest BCUT2D eigenvalue weighted by molar-refractivity contribution is 5.85. The normalized spacial score (nSPS) is 25.4. The van der Waals surface area contributed by atoms with E-state index >= 15 is 0 Å². The van der Waals surface area contributed by atoms with Crippen molar-refractivity contribution in [3.8, 4) is 0 Å². The highest BCUT2D eigenvalue weighted by Crippen LogP contribution is 2.43. The SMILES string of the molecule is CC1CCC(CN2CCC3(CCN(CCC(c4ccccc4)c4ccccc4)CC3)C2=O)CC1. The smallest absolute Gasteiger partial charge is 0.228 e. The third-order valence-electron chi connectivity index (χ3n) is 9.17. The van der Waals surface area contributed by atoms with Gasteiger partial charge in [-0.3, -0.25) is 4.79 Å². The molecule has 182 valence electrons. The van der Waals surface area contributed by atoms with Crippen LogP contribution in [0.2, 0.25) is 0 Å². The van der Waals surface area contributed by atoms with Crippen molar-refractivity contribution in [1.82, 2.24) is 9.80 Å². The topological polar surface area (TPSA) is 23.6 Å². The third kappa shape index (κ3) is 5.25. The second-order valence-electron chi connectivity index (χ2n) is 11.4. The van der Waals surface area contributed by atoms with Crippen LogP contribution in [0.15, 0.2) is 60.7 Å². The molecule has 1 saturated carbocycles. The molecule has 1 amide bonds. The van der Waals surface area contributed by atoms with Crippen LogP contribution in [0.3, 0.4) is 0 Å². The zero-order chi connectivity index (χ0) is 23.4. The number of rotatable bonds is 7. The maximum Gasteiger partial charge on any atom is 0.228 e. The number of piperidine rings is 1. The standard InChI is InChI=1S/C31H42N2O/c1-25-12-14-26(15-13-25)24-33-23-19-31(30(33)34)17-21-32(22-18-31)20-16-29(27-8-4-2-5-9-27)28-10-6-3-7-11-28/h2-11,25-26,29H,12-24H2,1H3. The molecule has 2 aliphatic heterocycles. The van der Waals surface area contributed by atoms with Crippen LogP contribution in [0.5, 0.6) is 0 Å². The molecule has 0 aromatic heterocycles. The van der Waals surface area contributed by atoms with Crippen molar-refractivity contribution in [3.63, 3.8) is 0 Å². The molecule has 2 aromatic rings. The summed E-state index contributed by atoms with van der Waals surface area (Å²) in [6.07, 6.45) is 9.63. The molecular formula is C31H42N2O. The molecule has 5 rings (SSSR count). The molecule has 1 aliphatic carbocycles. The summed E-state index contributed by atoms with van der Waals surface area (Å²) in [7, 11) is 0. The number of amides is 1. The van der Waals surface area contributed by atoms with Gasteiger partial charge in [-0.2, -0.15) is 0 Å². The summed E-state index contributed by atoms with van der Waals surface area (Å²) in [5.74, 6) is 2.53. The van der Waals surface area contributed by atoms with Gasteiger partial charge in [-0.15, -0.1) is 0 Å². The number of hydrogen-bond donors (Lipinski definition) is 0. The fourth-order valence-corrected chi connectivity index (χ4v) is 6.77. The summed E-state index contributed by atoms with van der Waals surface area (Å²) >= 11 is 0. The van der Waals surface area contributed by atoms with Crippen LogP contribution in [0.25, 0.3) is 0 Å². The van der Waals surface area contributed by atoms with Crippen LogP contribution >= 0.6 is 0 Å². The fraction of sp³-hybridized carbons (Fsp3) is 0.581. The Bertz CT molecular complexity index is 871. The zero-order valence-electron chi connectivity index (χ0n) is 21.0. The van der Waals surface area contributed by atoms with E-state index in [2.05, 4.69) is 77.4 Å². The first-order chi connectivity index (χ1) is 16.6. The molecule has 3 heteroatoms. The van der Waals surface area contributed by atoms with Crippen molar-refractivity contribution in [1.29, 1.82) is 0 Å². The van der Waals surface area contributed by atoms with E-state index in [0.717, 1.165) is 70.2 Å². The average molecular weight is 459 g/mol. The molecule has 1 spiro atoms. The van der Waals surface area contributed by atoms with Gasteiger partial charge in [-0.25, -0.2) is 0 Å². The van der Waals surface area contributed by atoms with Crippen molar-refractivity contribution >= 4 is 5.91 Å². The minimum atomic E-state index is -0.0588. The summed E-state index contributed by atoms with van der Waals surface area (Å²) in [4.78, 5) is 18.3. The van der Waals surface area contributed by atoms with Gasteiger partial charge in [0.2, 0.25) is 5.91 Å². The molecular weight excluding hydrogens is 416 g/mol. The number of likely N-dealkylation sites (tertiary alicyclic amines) is 2. The number of carbonyl (C=O) groups is 1. The Morgan fingerprint density at radius 3 is 1.97 bits per heavy atom. The van der Waals surface area contributed by atoms with Crippen molar-refractivity contribution in [2.75, 3.05) is 32.7 Å². The van der Waals surface area contributed by atoms with E-state index in [0.29, 0.717) is 11.8 Å². The number of nitrogens with zero attached hydrogens (tertiary/aromatic N) is 2. The lowest BCUT2D eigenvalue weighted by molar-refractivity contribution is -0.139. The Morgan fingerprint density at radius 1 is 0.824 bits per heavy atom. The van der Waals surface area contributed by atoms with E-state index in [1.807, 2.05) is 0 Å². The maximum atomic E-state index is 13.5. The van der Waals surface area contributed by atoms with Crippen molar-refractivity contribution < 1.29 is 4.79 Å². The van der Waals surface area contributed by atoms with Crippen LogP contribution in [0.4, 0.5) is 0 Å². The Kier molecular flexibility index (Phi) is 7.39. The predicted molar refractivity (Wildman–Crippen MR) is 140 cm³/mol. The summed E-state index contributed by atoms with van der Waals surface area (Å²) in [5, 5.41) is 0. The highest BCUT2D eigenvalue weighted by Gasteiger charge is 2.48. The highest BCUT2D eigenvalue weighted by atomic mass is 16.2. The molecule has 34 heavy (non-hydrogen) atoms. The van der Waals surface area contributed by atoms with Crippen molar-refractivity contribution in [2.45, 2.75) is 64.2 Å². The van der Waals surface area contributed by atoms with Crippen molar-refractivity contribution in [2.24, 2.45) is 17.3 Å². The van der Waals surface area contributed by atoms with E-state index in [-0.39, 0.29) is 5.41 Å². The summed E-state index contributed by atoms with van der Waals surface area (Å²) in [6, 6.07) is 21.9. The molecule has 3 nitrogen and oxygen atoms in total. The molecule has 3 fully saturated rings. The van der Waals surface area contributed by atoms with Crippen LogP contribution in [-0.4, -0.2) is 48.4 Å². The van der Waals surface area contributed by atoms with Gasteiger partial charge in [0, 0.05) is 19.0 Å². The van der Waals surface area contributed by atoms with Gasteiger partial charge in [-0.1, -0.05) is 80.4 Å². The molecule has 3 aliphatic rings. The molecule has 0 N–H and O–H groups in total. The average Bonchev–Trinajstić information content (AvgIpc) is 3.18. The third-order valence-corrected chi connectivity index (χ3v) is 9.17. The first-order valence-corrected chi connectivity index (χ1v) is 13.7. The van der Waals surface area contributed by atoms with E-state index in [1.54, 1.807) is 0 Å². The van der Waals surface area contributed by atoms with Crippen LogP contribution in [-0.2, 0) is 4.79 Å². The van der Waals surface area contributed by atoms with Crippen LogP contribution in [0, 0.1) is 17.3 Å². The Balaban J connectivity index is 1.15. The van der Waals surface area contributed by atoms with E-state index in [4.69, 9.17) is 0 Å². The molecule has 2 saturated heterocycles. The van der Waals surface area contributed by atoms with E-state index < -0.39 is 0 Å². The molecule has 2 aromatic carbocycles. The lowest BCUT2D eigenvalue weighted by Crippen LogP contribution is -2.45. The first kappa shape index (κ1) is 23.6. The fourth-order valence-electron chi connectivity index (χ4n) is 6.77. The first-order valence-electron chi connectivity index (χ1n) is 13.7.